The fraction of sp³-hybridized carbons (Fsp3) is 0.643. The molecule has 0 saturated heterocycles. The van der Waals surface area contributed by atoms with E-state index in [0.717, 1.165) is 37.0 Å². The van der Waals surface area contributed by atoms with Crippen molar-refractivity contribution in [1.29, 1.82) is 0 Å². The summed E-state index contributed by atoms with van der Waals surface area (Å²) >= 11 is 0. The van der Waals surface area contributed by atoms with Crippen LogP contribution in [0.4, 0.5) is 0 Å². The number of hydrogen-bond donors (Lipinski definition) is 1. The van der Waals surface area contributed by atoms with Gasteiger partial charge in [-0.25, -0.2) is 4.98 Å². The van der Waals surface area contributed by atoms with Crippen LogP contribution in [0.1, 0.15) is 43.2 Å². The van der Waals surface area contributed by atoms with Gasteiger partial charge in [-0.05, 0) is 26.7 Å². The van der Waals surface area contributed by atoms with Crippen molar-refractivity contribution in [3.8, 4) is 0 Å². The van der Waals surface area contributed by atoms with E-state index in [2.05, 4.69) is 31.9 Å². The molecule has 2 heterocycles. The van der Waals surface area contributed by atoms with Gasteiger partial charge >= 0.3 is 0 Å². The second-order valence-corrected chi connectivity index (χ2v) is 5.56. The van der Waals surface area contributed by atoms with Gasteiger partial charge in [-0.3, -0.25) is 0 Å². The lowest BCUT2D eigenvalue weighted by Gasteiger charge is -2.14. The van der Waals surface area contributed by atoms with Gasteiger partial charge in [0.2, 0.25) is 5.89 Å². The van der Waals surface area contributed by atoms with Gasteiger partial charge < -0.3 is 14.4 Å². The Morgan fingerprint density at radius 2 is 2.35 bits per heavy atom. The van der Waals surface area contributed by atoms with Crippen LogP contribution in [-0.4, -0.2) is 32.3 Å². The lowest BCUT2D eigenvalue weighted by molar-refractivity contribution is 0.373. The third-order valence-corrected chi connectivity index (χ3v) is 3.65. The van der Waals surface area contributed by atoms with Crippen LogP contribution < -0.4 is 5.32 Å². The van der Waals surface area contributed by atoms with Gasteiger partial charge in [0, 0.05) is 43.9 Å². The largest absolute Gasteiger partial charge is 0.339 e. The molecule has 2 aromatic heterocycles. The number of aromatic nitrogens is 4. The Hall–Kier alpha value is -1.69. The maximum atomic E-state index is 5.25. The Bertz CT molecular complexity index is 557. The first kappa shape index (κ1) is 13.3. The fourth-order valence-corrected chi connectivity index (χ4v) is 2.25. The molecule has 6 nitrogen and oxygen atoms in total. The molecule has 0 amide bonds. The van der Waals surface area contributed by atoms with Gasteiger partial charge in [0.1, 0.15) is 5.82 Å². The van der Waals surface area contributed by atoms with E-state index >= 15 is 0 Å². The summed E-state index contributed by atoms with van der Waals surface area (Å²) in [5.41, 5.74) is 0. The lowest BCUT2D eigenvalue weighted by atomic mass is 10.3. The third-order valence-electron chi connectivity index (χ3n) is 3.65. The quantitative estimate of drug-likeness (QED) is 0.832. The van der Waals surface area contributed by atoms with E-state index in [-0.39, 0.29) is 0 Å². The van der Waals surface area contributed by atoms with Gasteiger partial charge in [-0.2, -0.15) is 4.98 Å². The van der Waals surface area contributed by atoms with Crippen molar-refractivity contribution in [3.05, 3.63) is 29.9 Å². The molecule has 0 unspecified atom stereocenters. The molecular formula is C14H21N5O. The molecule has 1 N–H and O–H groups in total. The predicted octanol–water partition coefficient (Wildman–Crippen LogP) is 1.67. The van der Waals surface area contributed by atoms with Crippen LogP contribution >= 0.6 is 0 Å². The Morgan fingerprint density at radius 3 is 3.05 bits per heavy atom. The number of hydrogen-bond acceptors (Lipinski definition) is 5. The number of rotatable bonds is 7. The molecule has 6 heteroatoms. The normalized spacial score (nSPS) is 16.5. The average molecular weight is 275 g/mol. The standard InChI is InChI=1S/C14H21N5O/c1-10(9-19-8-7-16-11(19)2)15-6-5-13-17-14(20-18-13)12-3-4-12/h7-8,10,12,15H,3-6,9H2,1-2H3/t10-/m0/s1. The van der Waals surface area contributed by atoms with Crippen molar-refractivity contribution in [1.82, 2.24) is 25.0 Å². The summed E-state index contributed by atoms with van der Waals surface area (Å²) in [6.45, 7) is 5.97. The van der Waals surface area contributed by atoms with E-state index in [1.54, 1.807) is 0 Å². The highest BCUT2D eigenvalue weighted by Gasteiger charge is 2.29. The first-order chi connectivity index (χ1) is 9.72. The summed E-state index contributed by atoms with van der Waals surface area (Å²) in [5.74, 6) is 3.21. The second kappa shape index (κ2) is 5.75. The van der Waals surface area contributed by atoms with Gasteiger partial charge in [0.05, 0.1) is 0 Å². The predicted molar refractivity (Wildman–Crippen MR) is 74.4 cm³/mol. The Labute approximate surface area is 118 Å². The number of imidazole rings is 1. The summed E-state index contributed by atoms with van der Waals surface area (Å²) < 4.78 is 7.40. The molecule has 108 valence electrons. The molecule has 2 aromatic rings. The first-order valence-corrected chi connectivity index (χ1v) is 7.26. The zero-order valence-corrected chi connectivity index (χ0v) is 12.0. The molecule has 0 bridgehead atoms. The lowest BCUT2D eigenvalue weighted by Crippen LogP contribution is -2.32. The molecule has 0 aromatic carbocycles. The van der Waals surface area contributed by atoms with Crippen molar-refractivity contribution in [2.45, 2.75) is 51.6 Å². The minimum Gasteiger partial charge on any atom is -0.339 e. The van der Waals surface area contributed by atoms with E-state index in [4.69, 9.17) is 4.52 Å². The van der Waals surface area contributed by atoms with Crippen LogP contribution in [0.25, 0.3) is 0 Å². The SMILES string of the molecule is Cc1nccn1C[C@H](C)NCCc1noc(C2CC2)n1. The van der Waals surface area contributed by atoms with Crippen molar-refractivity contribution in [3.63, 3.8) is 0 Å². The molecule has 0 radical (unpaired) electrons. The monoisotopic (exact) mass is 275 g/mol. The van der Waals surface area contributed by atoms with E-state index in [9.17, 15) is 0 Å². The molecule has 1 atom stereocenters. The van der Waals surface area contributed by atoms with Crippen molar-refractivity contribution in [2.75, 3.05) is 6.54 Å². The van der Waals surface area contributed by atoms with E-state index < -0.39 is 0 Å². The summed E-state index contributed by atoms with van der Waals surface area (Å²) in [6.07, 6.45) is 7.04. The fourth-order valence-electron chi connectivity index (χ4n) is 2.25. The van der Waals surface area contributed by atoms with Gasteiger partial charge in [0.15, 0.2) is 5.82 Å². The third kappa shape index (κ3) is 3.25. The molecular weight excluding hydrogens is 254 g/mol. The number of nitrogens with zero attached hydrogens (tertiary/aromatic N) is 4. The van der Waals surface area contributed by atoms with Crippen LogP contribution in [0.5, 0.6) is 0 Å². The smallest absolute Gasteiger partial charge is 0.229 e. The summed E-state index contributed by atoms with van der Waals surface area (Å²) in [7, 11) is 0. The summed E-state index contributed by atoms with van der Waals surface area (Å²) in [4.78, 5) is 8.65. The molecule has 20 heavy (non-hydrogen) atoms. The zero-order valence-electron chi connectivity index (χ0n) is 12.0. The summed E-state index contributed by atoms with van der Waals surface area (Å²) in [6, 6.07) is 0.387. The highest BCUT2D eigenvalue weighted by atomic mass is 16.5. The molecule has 1 fully saturated rings. The Morgan fingerprint density at radius 1 is 1.50 bits per heavy atom. The molecule has 0 spiro atoms. The molecule has 3 rings (SSSR count). The second-order valence-electron chi connectivity index (χ2n) is 5.56. The van der Waals surface area contributed by atoms with Gasteiger partial charge in [-0.15, -0.1) is 0 Å². The minimum atomic E-state index is 0.387. The maximum Gasteiger partial charge on any atom is 0.229 e. The Balaban J connectivity index is 1.41. The Kier molecular flexibility index (Phi) is 3.82. The highest BCUT2D eigenvalue weighted by Crippen LogP contribution is 2.38. The van der Waals surface area contributed by atoms with Crippen LogP contribution in [0, 0.1) is 6.92 Å². The first-order valence-electron chi connectivity index (χ1n) is 7.26. The van der Waals surface area contributed by atoms with E-state index in [1.807, 2.05) is 19.3 Å². The average Bonchev–Trinajstić information content (AvgIpc) is 3.05. The maximum absolute atomic E-state index is 5.25. The molecule has 1 aliphatic rings. The van der Waals surface area contributed by atoms with E-state index in [0.29, 0.717) is 12.0 Å². The van der Waals surface area contributed by atoms with Crippen LogP contribution in [0.15, 0.2) is 16.9 Å². The van der Waals surface area contributed by atoms with Crippen molar-refractivity contribution < 1.29 is 4.52 Å². The van der Waals surface area contributed by atoms with Crippen LogP contribution in [0.2, 0.25) is 0 Å². The van der Waals surface area contributed by atoms with Gasteiger partial charge in [-0.1, -0.05) is 5.16 Å². The van der Waals surface area contributed by atoms with Gasteiger partial charge in [0.25, 0.3) is 0 Å². The zero-order chi connectivity index (χ0) is 13.9. The molecule has 1 aliphatic carbocycles. The summed E-state index contributed by atoms with van der Waals surface area (Å²) in [5, 5.41) is 7.50. The number of aryl methyl sites for hydroxylation is 1. The molecule has 0 aliphatic heterocycles. The van der Waals surface area contributed by atoms with Crippen LogP contribution in [0.3, 0.4) is 0 Å². The van der Waals surface area contributed by atoms with E-state index in [1.165, 1.54) is 12.8 Å². The number of nitrogens with one attached hydrogen (secondary N) is 1. The van der Waals surface area contributed by atoms with Crippen LogP contribution in [-0.2, 0) is 13.0 Å². The molecule has 1 saturated carbocycles. The van der Waals surface area contributed by atoms with Crippen molar-refractivity contribution in [2.24, 2.45) is 0 Å². The topological polar surface area (TPSA) is 68.8 Å². The minimum absolute atomic E-state index is 0.387. The van der Waals surface area contributed by atoms with Crippen molar-refractivity contribution >= 4 is 0 Å². The highest BCUT2D eigenvalue weighted by molar-refractivity contribution is 5.01.